The fourth-order valence-electron chi connectivity index (χ4n) is 0.340. The maximum absolute atomic E-state index is 9.25. The van der Waals surface area contributed by atoms with Gasteiger partial charge >= 0.3 is 5.97 Å². The van der Waals surface area contributed by atoms with Crippen molar-refractivity contribution < 1.29 is 14.6 Å². The second-order valence-electron chi connectivity index (χ2n) is 2.41. The van der Waals surface area contributed by atoms with Gasteiger partial charge in [-0.15, -0.1) is 0 Å². The van der Waals surface area contributed by atoms with Crippen molar-refractivity contribution in [2.24, 2.45) is 22.9 Å². The number of nitrogens with two attached hydrogens (primary N) is 4. The third-order valence-corrected chi connectivity index (χ3v) is 0.795. The van der Waals surface area contributed by atoms with E-state index in [0.29, 0.717) is 13.2 Å². The van der Waals surface area contributed by atoms with Crippen molar-refractivity contribution in [2.75, 3.05) is 13.2 Å². The SMILES string of the molecule is C=CC(=O)O.NC(N)COCC(N)N. The summed E-state index contributed by atoms with van der Waals surface area (Å²) in [6, 6.07) is 0. The van der Waals surface area contributed by atoms with Crippen molar-refractivity contribution in [1.29, 1.82) is 0 Å². The van der Waals surface area contributed by atoms with Crippen molar-refractivity contribution >= 4 is 5.97 Å². The van der Waals surface area contributed by atoms with E-state index in [1.807, 2.05) is 0 Å². The molecule has 7 heteroatoms. The lowest BCUT2D eigenvalue weighted by atomic mass is 10.5. The molecule has 0 aromatic rings. The molecule has 0 aliphatic heterocycles. The third-order valence-electron chi connectivity index (χ3n) is 0.795. The van der Waals surface area contributed by atoms with Crippen LogP contribution in [0.2, 0.25) is 0 Å². The Kier molecular flexibility index (Phi) is 11.2. The minimum Gasteiger partial charge on any atom is -0.478 e. The maximum Gasteiger partial charge on any atom is 0.327 e. The van der Waals surface area contributed by atoms with Crippen molar-refractivity contribution in [3.8, 4) is 0 Å². The molecule has 14 heavy (non-hydrogen) atoms. The third kappa shape index (κ3) is 22.5. The van der Waals surface area contributed by atoms with Gasteiger partial charge in [0.05, 0.1) is 25.5 Å². The number of hydrogen-bond donors (Lipinski definition) is 5. The molecule has 0 spiro atoms. The number of aliphatic carboxylic acids is 1. The van der Waals surface area contributed by atoms with Crippen molar-refractivity contribution in [3.63, 3.8) is 0 Å². The first kappa shape index (κ1) is 15.5. The van der Waals surface area contributed by atoms with Gasteiger partial charge < -0.3 is 32.8 Å². The average molecular weight is 206 g/mol. The van der Waals surface area contributed by atoms with Gasteiger partial charge in [0.25, 0.3) is 0 Å². The molecule has 0 atom stereocenters. The molecule has 9 N–H and O–H groups in total. The van der Waals surface area contributed by atoms with E-state index in [1.54, 1.807) is 0 Å². The van der Waals surface area contributed by atoms with Crippen LogP contribution in [-0.4, -0.2) is 36.6 Å². The molecule has 84 valence electrons. The molecule has 0 aromatic carbocycles. The highest BCUT2D eigenvalue weighted by atomic mass is 16.5. The molecule has 0 aromatic heterocycles. The van der Waals surface area contributed by atoms with Gasteiger partial charge in [0.1, 0.15) is 0 Å². The molecule has 0 heterocycles. The summed E-state index contributed by atoms with van der Waals surface area (Å²) in [6.45, 7) is 3.55. The van der Waals surface area contributed by atoms with E-state index >= 15 is 0 Å². The Morgan fingerprint density at radius 1 is 1.29 bits per heavy atom. The number of hydrogen-bond acceptors (Lipinski definition) is 6. The standard InChI is InChI=1S/C4H14N4O.C3H4O2/c5-3(6)1-9-2-4(7)8;1-2-3(4)5/h3-4H,1-2,5-8H2;2H,1H2,(H,4,5). The lowest BCUT2D eigenvalue weighted by Crippen LogP contribution is -2.40. The minimum atomic E-state index is -0.981. The number of carboxylic acids is 1. The predicted octanol–water partition coefficient (Wildman–Crippen LogP) is -2.25. The van der Waals surface area contributed by atoms with E-state index in [9.17, 15) is 4.79 Å². The fourth-order valence-corrected chi connectivity index (χ4v) is 0.340. The summed E-state index contributed by atoms with van der Waals surface area (Å²) in [4.78, 5) is 9.25. The van der Waals surface area contributed by atoms with Crippen LogP contribution >= 0.6 is 0 Å². The molecule has 0 aliphatic rings. The molecule has 0 aliphatic carbocycles. The molecular weight excluding hydrogens is 188 g/mol. The number of carboxylic acid groups (broad SMARTS) is 1. The summed E-state index contributed by atoms with van der Waals surface area (Å²) in [6.07, 6.45) is -0.0486. The van der Waals surface area contributed by atoms with E-state index in [2.05, 4.69) is 6.58 Å². The average Bonchev–Trinajstić information content (AvgIpc) is 2.04. The van der Waals surface area contributed by atoms with Crippen LogP contribution < -0.4 is 22.9 Å². The topological polar surface area (TPSA) is 151 Å². The van der Waals surface area contributed by atoms with Crippen LogP contribution in [0.15, 0.2) is 12.7 Å². The van der Waals surface area contributed by atoms with Gasteiger partial charge in [-0.25, -0.2) is 4.79 Å². The first-order valence-electron chi connectivity index (χ1n) is 3.85. The second-order valence-corrected chi connectivity index (χ2v) is 2.41. The zero-order chi connectivity index (χ0) is 11.6. The van der Waals surface area contributed by atoms with E-state index in [-0.39, 0.29) is 0 Å². The van der Waals surface area contributed by atoms with Crippen molar-refractivity contribution in [1.82, 2.24) is 0 Å². The molecule has 0 amide bonds. The molecule has 7 nitrogen and oxygen atoms in total. The number of rotatable bonds is 5. The van der Waals surface area contributed by atoms with Gasteiger partial charge in [0, 0.05) is 6.08 Å². The first-order chi connectivity index (χ1) is 6.40. The molecular formula is C7H18N4O3. The molecule has 0 unspecified atom stereocenters. The monoisotopic (exact) mass is 206 g/mol. The number of ether oxygens (including phenoxy) is 1. The summed E-state index contributed by atoms with van der Waals surface area (Å²) in [5, 5.41) is 7.60. The molecule has 0 fully saturated rings. The van der Waals surface area contributed by atoms with Gasteiger partial charge in [0.15, 0.2) is 0 Å². The van der Waals surface area contributed by atoms with E-state index in [1.165, 1.54) is 0 Å². The zero-order valence-electron chi connectivity index (χ0n) is 7.93. The minimum absolute atomic E-state index is 0.297. The van der Waals surface area contributed by atoms with Gasteiger partial charge in [-0.1, -0.05) is 6.58 Å². The van der Waals surface area contributed by atoms with Gasteiger partial charge in [-0.2, -0.15) is 0 Å². The van der Waals surface area contributed by atoms with Crippen LogP contribution in [0.25, 0.3) is 0 Å². The normalized spacial score (nSPS) is 9.57. The van der Waals surface area contributed by atoms with Crippen LogP contribution in [-0.2, 0) is 9.53 Å². The Balaban J connectivity index is 0. The lowest BCUT2D eigenvalue weighted by molar-refractivity contribution is -0.131. The van der Waals surface area contributed by atoms with Gasteiger partial charge in [0.2, 0.25) is 0 Å². The highest BCUT2D eigenvalue weighted by molar-refractivity contribution is 5.78. The van der Waals surface area contributed by atoms with Crippen LogP contribution in [0.3, 0.4) is 0 Å². The smallest absolute Gasteiger partial charge is 0.327 e. The Morgan fingerprint density at radius 2 is 1.57 bits per heavy atom. The Hall–Kier alpha value is -0.990. The van der Waals surface area contributed by atoms with E-state index in [4.69, 9.17) is 32.8 Å². The molecule has 0 saturated carbocycles. The fraction of sp³-hybridized carbons (Fsp3) is 0.571. The van der Waals surface area contributed by atoms with E-state index in [0.717, 1.165) is 6.08 Å². The van der Waals surface area contributed by atoms with Crippen LogP contribution in [0, 0.1) is 0 Å². The molecule has 0 radical (unpaired) electrons. The Morgan fingerprint density at radius 3 is 1.71 bits per heavy atom. The molecule has 0 saturated heterocycles. The van der Waals surface area contributed by atoms with Gasteiger partial charge in [-0.3, -0.25) is 0 Å². The maximum atomic E-state index is 9.25. The van der Waals surface area contributed by atoms with Crippen LogP contribution in [0.1, 0.15) is 0 Å². The van der Waals surface area contributed by atoms with Crippen molar-refractivity contribution in [3.05, 3.63) is 12.7 Å². The van der Waals surface area contributed by atoms with Crippen LogP contribution in [0.4, 0.5) is 0 Å². The summed E-state index contributed by atoms with van der Waals surface area (Å²) in [5.41, 5.74) is 20.6. The highest BCUT2D eigenvalue weighted by Gasteiger charge is 1.95. The first-order valence-corrected chi connectivity index (χ1v) is 3.85. The summed E-state index contributed by atoms with van der Waals surface area (Å²) in [7, 11) is 0. The second kappa shape index (κ2) is 10.1. The highest BCUT2D eigenvalue weighted by Crippen LogP contribution is 1.74. The Bertz CT molecular complexity index is 153. The quantitative estimate of drug-likeness (QED) is 0.251. The molecule has 0 rings (SSSR count). The predicted molar refractivity (Wildman–Crippen MR) is 53.0 cm³/mol. The van der Waals surface area contributed by atoms with Crippen LogP contribution in [0.5, 0.6) is 0 Å². The largest absolute Gasteiger partial charge is 0.478 e. The van der Waals surface area contributed by atoms with Crippen molar-refractivity contribution in [2.45, 2.75) is 12.3 Å². The zero-order valence-corrected chi connectivity index (χ0v) is 7.93. The Labute approximate surface area is 82.7 Å². The van der Waals surface area contributed by atoms with Gasteiger partial charge in [-0.05, 0) is 0 Å². The number of carbonyl (C=O) groups is 1. The summed E-state index contributed by atoms with van der Waals surface area (Å²) < 4.78 is 4.86. The summed E-state index contributed by atoms with van der Waals surface area (Å²) >= 11 is 0. The lowest BCUT2D eigenvalue weighted by Gasteiger charge is -2.08. The van der Waals surface area contributed by atoms with E-state index < -0.39 is 18.3 Å². The summed E-state index contributed by atoms with van der Waals surface area (Å²) in [5.74, 6) is -0.981. The molecule has 0 bridgehead atoms.